The van der Waals surface area contributed by atoms with Crippen LogP contribution < -0.4 is 10.6 Å². The molecule has 1 fully saturated rings. The normalized spacial score (nSPS) is 17.1. The molecule has 29 heavy (non-hydrogen) atoms. The lowest BCUT2D eigenvalue weighted by Crippen LogP contribution is -2.45. The number of aryl methyl sites for hydroxylation is 2. The van der Waals surface area contributed by atoms with E-state index in [1.807, 2.05) is 0 Å². The smallest absolute Gasteiger partial charge is 0.238 e. The Morgan fingerprint density at radius 1 is 1.07 bits per heavy atom. The summed E-state index contributed by atoms with van der Waals surface area (Å²) in [4.78, 5) is 27.3. The summed E-state index contributed by atoms with van der Waals surface area (Å²) in [5.74, 6) is 0.161. The van der Waals surface area contributed by atoms with Gasteiger partial charge in [0.25, 0.3) is 0 Å². The molecule has 0 saturated carbocycles. The molecule has 0 aliphatic carbocycles. The third kappa shape index (κ3) is 7.46. The summed E-state index contributed by atoms with van der Waals surface area (Å²) >= 11 is 0. The second-order valence-electron chi connectivity index (χ2n) is 8.13. The fourth-order valence-electron chi connectivity index (χ4n) is 4.11. The Hall–Kier alpha value is -1.88. The number of nitrogens with one attached hydrogen (secondary N) is 2. The molecule has 1 aliphatic rings. The number of para-hydroxylation sites is 1. The number of amides is 2. The van der Waals surface area contributed by atoms with Crippen molar-refractivity contribution in [3.8, 4) is 0 Å². The number of carbonyl (C=O) groups excluding carboxylic acids is 2. The molecular formula is C24H39N3O2. The summed E-state index contributed by atoms with van der Waals surface area (Å²) < 4.78 is 0. The lowest BCUT2D eigenvalue weighted by molar-refractivity contribution is -0.128. The van der Waals surface area contributed by atoms with Crippen LogP contribution in [0.3, 0.4) is 0 Å². The van der Waals surface area contributed by atoms with E-state index in [4.69, 9.17) is 0 Å². The van der Waals surface area contributed by atoms with E-state index < -0.39 is 0 Å². The fraction of sp³-hybridized carbons (Fsp3) is 0.667. The second kappa shape index (κ2) is 12.6. The molecule has 2 N–H and O–H groups in total. The Labute approximate surface area is 176 Å². The molecule has 2 rings (SSSR count). The molecule has 0 spiro atoms. The zero-order chi connectivity index (χ0) is 21.1. The largest absolute Gasteiger partial charge is 0.356 e. The maximum atomic E-state index is 12.7. The number of hydrogen-bond donors (Lipinski definition) is 2. The van der Waals surface area contributed by atoms with E-state index in [1.165, 1.54) is 30.4 Å². The van der Waals surface area contributed by atoms with E-state index >= 15 is 0 Å². The van der Waals surface area contributed by atoms with Crippen LogP contribution in [-0.2, 0) is 22.4 Å². The predicted molar refractivity (Wildman–Crippen MR) is 120 cm³/mol. The first kappa shape index (κ1) is 23.4. The van der Waals surface area contributed by atoms with Crippen LogP contribution in [0.2, 0.25) is 0 Å². The van der Waals surface area contributed by atoms with E-state index in [1.54, 1.807) is 0 Å². The van der Waals surface area contributed by atoms with Gasteiger partial charge in [0.15, 0.2) is 0 Å². The van der Waals surface area contributed by atoms with E-state index in [0.717, 1.165) is 50.9 Å². The standard InChI is InChI=1S/C24H39N3O2/c1-4-7-8-9-15-25-24(29)21-14-11-16-27(17-21)18-22(28)26-23-19(5-2)12-10-13-20(23)6-3/h10,12-13,21H,4-9,11,14-18H2,1-3H3,(H,25,29)(H,26,28). The highest BCUT2D eigenvalue weighted by molar-refractivity contribution is 5.94. The Morgan fingerprint density at radius 2 is 1.79 bits per heavy atom. The molecule has 1 unspecified atom stereocenters. The van der Waals surface area contributed by atoms with Crippen molar-refractivity contribution < 1.29 is 9.59 Å². The molecular weight excluding hydrogens is 362 g/mol. The summed E-state index contributed by atoms with van der Waals surface area (Å²) in [6.07, 6.45) is 8.33. The van der Waals surface area contributed by atoms with Crippen LogP contribution in [0.4, 0.5) is 5.69 Å². The number of carbonyl (C=O) groups is 2. The van der Waals surface area contributed by atoms with Gasteiger partial charge in [0.1, 0.15) is 0 Å². The lowest BCUT2D eigenvalue weighted by Gasteiger charge is -2.31. The van der Waals surface area contributed by atoms with Crippen molar-refractivity contribution in [2.45, 2.75) is 72.1 Å². The third-order valence-corrected chi connectivity index (χ3v) is 5.84. The van der Waals surface area contributed by atoms with Gasteiger partial charge in [-0.1, -0.05) is 58.2 Å². The first-order valence-electron chi connectivity index (χ1n) is 11.5. The SMILES string of the molecule is CCCCCCNC(=O)C1CCCN(CC(=O)Nc2c(CC)cccc2CC)C1. The minimum absolute atomic E-state index is 0.00291. The van der Waals surface area contributed by atoms with Crippen LogP contribution in [0.25, 0.3) is 0 Å². The number of hydrogen-bond acceptors (Lipinski definition) is 3. The summed E-state index contributed by atoms with van der Waals surface area (Å²) in [5, 5.41) is 6.23. The number of rotatable bonds is 11. The van der Waals surface area contributed by atoms with Crippen LogP contribution in [0.15, 0.2) is 18.2 Å². The molecule has 1 aromatic rings. The van der Waals surface area contributed by atoms with Crippen LogP contribution in [-0.4, -0.2) is 42.9 Å². The first-order chi connectivity index (χ1) is 14.1. The molecule has 1 aliphatic heterocycles. The van der Waals surface area contributed by atoms with Crippen molar-refractivity contribution in [1.82, 2.24) is 10.2 Å². The average molecular weight is 402 g/mol. The Kier molecular flexibility index (Phi) is 10.2. The highest BCUT2D eigenvalue weighted by Crippen LogP contribution is 2.23. The maximum absolute atomic E-state index is 12.7. The number of benzene rings is 1. The number of likely N-dealkylation sites (tertiary alicyclic amines) is 1. The van der Waals surface area contributed by atoms with E-state index in [0.29, 0.717) is 13.1 Å². The Balaban J connectivity index is 1.84. The molecule has 1 saturated heterocycles. The zero-order valence-corrected chi connectivity index (χ0v) is 18.6. The minimum Gasteiger partial charge on any atom is -0.356 e. The topological polar surface area (TPSA) is 61.4 Å². The van der Waals surface area contributed by atoms with Crippen molar-refractivity contribution in [3.63, 3.8) is 0 Å². The predicted octanol–water partition coefficient (Wildman–Crippen LogP) is 4.16. The number of unbranched alkanes of at least 4 members (excludes halogenated alkanes) is 3. The van der Waals surface area contributed by atoms with Crippen LogP contribution in [0, 0.1) is 5.92 Å². The molecule has 5 nitrogen and oxygen atoms in total. The van der Waals surface area contributed by atoms with Gasteiger partial charge < -0.3 is 10.6 Å². The summed E-state index contributed by atoms with van der Waals surface area (Å²) in [5.41, 5.74) is 3.33. The monoisotopic (exact) mass is 401 g/mol. The summed E-state index contributed by atoms with van der Waals surface area (Å²) in [6.45, 7) is 9.08. The van der Waals surface area contributed by atoms with Crippen LogP contribution in [0.5, 0.6) is 0 Å². The van der Waals surface area contributed by atoms with Crippen molar-refractivity contribution in [3.05, 3.63) is 29.3 Å². The van der Waals surface area contributed by atoms with Gasteiger partial charge in [-0.3, -0.25) is 14.5 Å². The third-order valence-electron chi connectivity index (χ3n) is 5.84. The highest BCUT2D eigenvalue weighted by atomic mass is 16.2. The van der Waals surface area contributed by atoms with E-state index in [9.17, 15) is 9.59 Å². The molecule has 0 radical (unpaired) electrons. The average Bonchev–Trinajstić information content (AvgIpc) is 2.73. The van der Waals surface area contributed by atoms with Gasteiger partial charge in [0, 0.05) is 18.8 Å². The summed E-state index contributed by atoms with van der Waals surface area (Å²) in [7, 11) is 0. The van der Waals surface area contributed by atoms with Gasteiger partial charge in [-0.15, -0.1) is 0 Å². The molecule has 2 amide bonds. The highest BCUT2D eigenvalue weighted by Gasteiger charge is 2.26. The number of piperidine rings is 1. The molecule has 0 bridgehead atoms. The van der Waals surface area contributed by atoms with Gasteiger partial charge in [0.2, 0.25) is 11.8 Å². The van der Waals surface area contributed by atoms with Crippen molar-refractivity contribution in [2.75, 3.05) is 31.5 Å². The second-order valence-corrected chi connectivity index (χ2v) is 8.13. The van der Waals surface area contributed by atoms with Gasteiger partial charge in [-0.2, -0.15) is 0 Å². The Morgan fingerprint density at radius 3 is 2.45 bits per heavy atom. The van der Waals surface area contributed by atoms with Gasteiger partial charge in [-0.25, -0.2) is 0 Å². The maximum Gasteiger partial charge on any atom is 0.238 e. The van der Waals surface area contributed by atoms with Crippen molar-refractivity contribution in [1.29, 1.82) is 0 Å². The minimum atomic E-state index is -0.00291. The fourth-order valence-corrected chi connectivity index (χ4v) is 4.11. The van der Waals surface area contributed by atoms with Crippen LogP contribution >= 0.6 is 0 Å². The zero-order valence-electron chi connectivity index (χ0n) is 18.6. The molecule has 1 heterocycles. The van der Waals surface area contributed by atoms with E-state index in [2.05, 4.69) is 54.5 Å². The molecule has 5 heteroatoms. The van der Waals surface area contributed by atoms with Gasteiger partial charge >= 0.3 is 0 Å². The summed E-state index contributed by atoms with van der Waals surface area (Å²) in [6, 6.07) is 6.22. The lowest BCUT2D eigenvalue weighted by atomic mass is 9.97. The van der Waals surface area contributed by atoms with Gasteiger partial charge in [-0.05, 0) is 49.8 Å². The van der Waals surface area contributed by atoms with Crippen molar-refractivity contribution >= 4 is 17.5 Å². The number of anilines is 1. The first-order valence-corrected chi connectivity index (χ1v) is 11.5. The molecule has 0 aromatic heterocycles. The quantitative estimate of drug-likeness (QED) is 0.547. The molecule has 162 valence electrons. The molecule has 1 aromatic carbocycles. The van der Waals surface area contributed by atoms with E-state index in [-0.39, 0.29) is 17.7 Å². The Bertz CT molecular complexity index is 637. The molecule has 1 atom stereocenters. The van der Waals surface area contributed by atoms with Gasteiger partial charge in [0.05, 0.1) is 12.5 Å². The van der Waals surface area contributed by atoms with Crippen molar-refractivity contribution in [2.24, 2.45) is 5.92 Å². The van der Waals surface area contributed by atoms with Crippen LogP contribution in [0.1, 0.15) is 70.4 Å². The number of nitrogens with zero attached hydrogens (tertiary/aromatic N) is 1.